The van der Waals surface area contributed by atoms with Crippen molar-refractivity contribution in [3.8, 4) is 0 Å². The highest BCUT2D eigenvalue weighted by atomic mass is 16.3. The first kappa shape index (κ1) is 14.5. The van der Waals surface area contributed by atoms with Gasteiger partial charge < -0.3 is 15.3 Å². The highest BCUT2D eigenvalue weighted by Crippen LogP contribution is 2.41. The number of aliphatic hydroxyl groups is 3. The van der Waals surface area contributed by atoms with Gasteiger partial charge >= 0.3 is 0 Å². The molecule has 1 aromatic rings. The second-order valence-corrected chi connectivity index (χ2v) is 5.54. The lowest BCUT2D eigenvalue weighted by Gasteiger charge is -2.46. The largest absolute Gasteiger partial charge is 0.394 e. The Morgan fingerprint density at radius 1 is 1.37 bits per heavy atom. The summed E-state index contributed by atoms with van der Waals surface area (Å²) in [4.78, 5) is 2.13. The van der Waals surface area contributed by atoms with E-state index in [1.54, 1.807) is 0 Å². The van der Waals surface area contributed by atoms with Crippen molar-refractivity contribution in [2.45, 2.75) is 37.0 Å². The molecule has 1 fully saturated rings. The maximum atomic E-state index is 10.9. The SMILES string of the molecule is CN1CCCC(O)(CC(O)CO)C1c1ccccc1. The van der Waals surface area contributed by atoms with Crippen molar-refractivity contribution in [1.29, 1.82) is 0 Å². The van der Waals surface area contributed by atoms with Crippen molar-refractivity contribution >= 4 is 0 Å². The third-order valence-corrected chi connectivity index (χ3v) is 3.99. The van der Waals surface area contributed by atoms with Crippen molar-refractivity contribution in [3.63, 3.8) is 0 Å². The number of rotatable bonds is 4. The molecule has 1 aliphatic rings. The van der Waals surface area contributed by atoms with E-state index in [9.17, 15) is 10.2 Å². The van der Waals surface area contributed by atoms with Crippen LogP contribution in [0, 0.1) is 0 Å². The van der Waals surface area contributed by atoms with Crippen LogP contribution in [0.4, 0.5) is 0 Å². The molecule has 0 aliphatic carbocycles. The fourth-order valence-electron chi connectivity index (χ4n) is 3.20. The van der Waals surface area contributed by atoms with E-state index in [1.807, 2.05) is 37.4 Å². The quantitative estimate of drug-likeness (QED) is 0.758. The molecule has 3 N–H and O–H groups in total. The van der Waals surface area contributed by atoms with E-state index in [-0.39, 0.29) is 19.1 Å². The molecule has 0 bridgehead atoms. The Morgan fingerprint density at radius 2 is 2.05 bits per heavy atom. The molecular weight excluding hydrogens is 242 g/mol. The Morgan fingerprint density at radius 3 is 2.68 bits per heavy atom. The smallest absolute Gasteiger partial charge is 0.0869 e. The van der Waals surface area contributed by atoms with Crippen LogP contribution in [0.1, 0.15) is 30.9 Å². The standard InChI is InChI=1S/C15H23NO3/c1-16-9-5-8-15(19,10-13(18)11-17)14(16)12-6-3-2-4-7-12/h2-4,6-7,13-14,17-19H,5,8-11H2,1H3. The van der Waals surface area contributed by atoms with Crippen molar-refractivity contribution in [2.75, 3.05) is 20.2 Å². The summed E-state index contributed by atoms with van der Waals surface area (Å²) in [6.07, 6.45) is 0.873. The third-order valence-electron chi connectivity index (χ3n) is 3.99. The Bertz CT molecular complexity index is 398. The summed E-state index contributed by atoms with van der Waals surface area (Å²) in [6.45, 7) is 0.616. The van der Waals surface area contributed by atoms with Crippen LogP contribution in [0.3, 0.4) is 0 Å². The van der Waals surface area contributed by atoms with Crippen molar-refractivity contribution in [3.05, 3.63) is 35.9 Å². The minimum atomic E-state index is -0.990. The molecule has 3 atom stereocenters. The Labute approximate surface area is 114 Å². The zero-order valence-electron chi connectivity index (χ0n) is 11.4. The number of benzene rings is 1. The minimum Gasteiger partial charge on any atom is -0.394 e. The lowest BCUT2D eigenvalue weighted by molar-refractivity contribution is -0.105. The van der Waals surface area contributed by atoms with Crippen LogP contribution < -0.4 is 0 Å². The van der Waals surface area contributed by atoms with E-state index < -0.39 is 11.7 Å². The van der Waals surface area contributed by atoms with Crippen LogP contribution >= 0.6 is 0 Å². The average Bonchev–Trinajstić information content (AvgIpc) is 2.39. The summed E-state index contributed by atoms with van der Waals surface area (Å²) in [5, 5.41) is 29.7. The Hall–Kier alpha value is -0.940. The summed E-state index contributed by atoms with van der Waals surface area (Å²) >= 11 is 0. The molecule has 0 saturated carbocycles. The number of hydrogen-bond donors (Lipinski definition) is 3. The summed E-state index contributed by atoms with van der Waals surface area (Å²) in [5.74, 6) is 0. The maximum absolute atomic E-state index is 10.9. The lowest BCUT2D eigenvalue weighted by atomic mass is 9.77. The number of likely N-dealkylation sites (tertiary alicyclic amines) is 1. The molecule has 1 heterocycles. The zero-order valence-corrected chi connectivity index (χ0v) is 11.4. The highest BCUT2D eigenvalue weighted by molar-refractivity contribution is 5.23. The van der Waals surface area contributed by atoms with E-state index in [1.165, 1.54) is 0 Å². The van der Waals surface area contributed by atoms with Crippen LogP contribution in [0.5, 0.6) is 0 Å². The normalized spacial score (nSPS) is 30.2. The fraction of sp³-hybridized carbons (Fsp3) is 0.600. The summed E-state index contributed by atoms with van der Waals surface area (Å²) in [5.41, 5.74) is 0.0635. The van der Waals surface area contributed by atoms with Gasteiger partial charge in [-0.05, 0) is 32.0 Å². The molecule has 19 heavy (non-hydrogen) atoms. The van der Waals surface area contributed by atoms with Crippen LogP contribution in [0.2, 0.25) is 0 Å². The predicted molar refractivity (Wildman–Crippen MR) is 73.7 cm³/mol. The van der Waals surface area contributed by atoms with Crippen molar-refractivity contribution in [2.24, 2.45) is 0 Å². The van der Waals surface area contributed by atoms with Crippen LogP contribution in [0.25, 0.3) is 0 Å². The topological polar surface area (TPSA) is 63.9 Å². The van der Waals surface area contributed by atoms with Crippen molar-refractivity contribution in [1.82, 2.24) is 4.90 Å². The van der Waals surface area contributed by atoms with Gasteiger partial charge in [-0.25, -0.2) is 0 Å². The minimum absolute atomic E-state index is 0.136. The van der Waals surface area contributed by atoms with Gasteiger partial charge in [0.15, 0.2) is 0 Å². The van der Waals surface area contributed by atoms with Crippen molar-refractivity contribution < 1.29 is 15.3 Å². The molecule has 4 nitrogen and oxygen atoms in total. The van der Waals surface area contributed by atoms with Gasteiger partial charge in [0.05, 0.1) is 24.4 Å². The van der Waals surface area contributed by atoms with E-state index in [0.29, 0.717) is 6.42 Å². The fourth-order valence-corrected chi connectivity index (χ4v) is 3.20. The van der Waals surface area contributed by atoms with Gasteiger partial charge in [-0.1, -0.05) is 30.3 Å². The zero-order chi connectivity index (χ0) is 13.9. The molecule has 0 aromatic heterocycles. The summed E-state index contributed by atoms with van der Waals surface area (Å²) < 4.78 is 0. The average molecular weight is 265 g/mol. The molecule has 1 aliphatic heterocycles. The molecule has 0 radical (unpaired) electrons. The summed E-state index contributed by atoms with van der Waals surface area (Å²) in [7, 11) is 1.99. The highest BCUT2D eigenvalue weighted by Gasteiger charge is 2.43. The number of nitrogens with zero attached hydrogens (tertiary/aromatic N) is 1. The van der Waals surface area contributed by atoms with E-state index in [0.717, 1.165) is 18.5 Å². The molecule has 0 amide bonds. The van der Waals surface area contributed by atoms with E-state index in [4.69, 9.17) is 5.11 Å². The first-order chi connectivity index (χ1) is 9.07. The number of piperidine rings is 1. The number of likely N-dealkylation sites (N-methyl/N-ethyl adjacent to an activating group) is 1. The Kier molecular flexibility index (Phi) is 4.58. The summed E-state index contributed by atoms with van der Waals surface area (Å²) in [6, 6.07) is 9.74. The van der Waals surface area contributed by atoms with Crippen LogP contribution in [-0.2, 0) is 0 Å². The molecule has 2 rings (SSSR count). The molecule has 1 saturated heterocycles. The van der Waals surface area contributed by atoms with Gasteiger partial charge in [-0.2, -0.15) is 0 Å². The maximum Gasteiger partial charge on any atom is 0.0869 e. The van der Waals surface area contributed by atoms with Gasteiger partial charge in [-0.15, -0.1) is 0 Å². The van der Waals surface area contributed by atoms with E-state index in [2.05, 4.69) is 4.90 Å². The monoisotopic (exact) mass is 265 g/mol. The first-order valence-electron chi connectivity index (χ1n) is 6.83. The Balaban J connectivity index is 2.28. The molecule has 3 unspecified atom stereocenters. The molecule has 1 aromatic carbocycles. The molecular formula is C15H23NO3. The third kappa shape index (κ3) is 3.15. The number of aliphatic hydroxyl groups excluding tert-OH is 2. The second kappa shape index (κ2) is 6.01. The van der Waals surface area contributed by atoms with Gasteiger partial charge in [0, 0.05) is 6.42 Å². The van der Waals surface area contributed by atoms with Gasteiger partial charge in [0.2, 0.25) is 0 Å². The number of hydrogen-bond acceptors (Lipinski definition) is 4. The lowest BCUT2D eigenvalue weighted by Crippen LogP contribution is -2.51. The van der Waals surface area contributed by atoms with Crippen LogP contribution in [0.15, 0.2) is 30.3 Å². The van der Waals surface area contributed by atoms with Gasteiger partial charge in [0.1, 0.15) is 0 Å². The van der Waals surface area contributed by atoms with Gasteiger partial charge in [-0.3, -0.25) is 4.90 Å². The second-order valence-electron chi connectivity index (χ2n) is 5.54. The van der Waals surface area contributed by atoms with E-state index >= 15 is 0 Å². The van der Waals surface area contributed by atoms with Gasteiger partial charge in [0.25, 0.3) is 0 Å². The first-order valence-corrected chi connectivity index (χ1v) is 6.83. The molecule has 4 heteroatoms. The predicted octanol–water partition coefficient (Wildman–Crippen LogP) is 0.928. The van der Waals surface area contributed by atoms with Crippen LogP contribution in [-0.4, -0.2) is 52.1 Å². The molecule has 106 valence electrons. The molecule has 0 spiro atoms.